The van der Waals surface area contributed by atoms with Crippen LogP contribution < -0.4 is 0 Å². The van der Waals surface area contributed by atoms with E-state index in [1.807, 2.05) is 4.90 Å². The quantitative estimate of drug-likeness (QED) is 0.821. The summed E-state index contributed by atoms with van der Waals surface area (Å²) in [6.45, 7) is 3.04. The second-order valence-corrected chi connectivity index (χ2v) is 7.60. The van der Waals surface area contributed by atoms with Gasteiger partial charge in [-0.25, -0.2) is 9.97 Å². The molecule has 1 unspecified atom stereocenters. The maximum atomic E-state index is 12.4. The molecule has 3 fully saturated rings. The predicted molar refractivity (Wildman–Crippen MR) is 94.4 cm³/mol. The SMILES string of the molecule is CC(=O)N1[C@@H]2CC[C@H]1CC(OC1CCN(C(=O)c3ncccn3)CC1)C2. The van der Waals surface area contributed by atoms with Crippen LogP contribution >= 0.6 is 0 Å². The molecule has 140 valence electrons. The van der Waals surface area contributed by atoms with Crippen LogP contribution in [0.4, 0.5) is 0 Å². The highest BCUT2D eigenvalue weighted by Gasteiger charge is 2.43. The van der Waals surface area contributed by atoms with E-state index in [0.29, 0.717) is 25.2 Å². The lowest BCUT2D eigenvalue weighted by atomic mass is 9.98. The number of amides is 2. The second-order valence-electron chi connectivity index (χ2n) is 7.60. The van der Waals surface area contributed by atoms with E-state index in [2.05, 4.69) is 14.9 Å². The third kappa shape index (κ3) is 3.45. The van der Waals surface area contributed by atoms with E-state index in [-0.39, 0.29) is 29.8 Å². The van der Waals surface area contributed by atoms with E-state index in [0.717, 1.165) is 38.5 Å². The summed E-state index contributed by atoms with van der Waals surface area (Å²) in [6.07, 6.45) is 9.44. The first-order chi connectivity index (χ1) is 12.6. The van der Waals surface area contributed by atoms with Crippen LogP contribution in [0.2, 0.25) is 0 Å². The van der Waals surface area contributed by atoms with Gasteiger partial charge in [0.05, 0.1) is 12.2 Å². The summed E-state index contributed by atoms with van der Waals surface area (Å²) in [4.78, 5) is 36.2. The van der Waals surface area contributed by atoms with Crippen molar-refractivity contribution in [2.75, 3.05) is 13.1 Å². The number of rotatable bonds is 3. The number of carbonyl (C=O) groups excluding carboxylic acids is 2. The zero-order valence-corrected chi connectivity index (χ0v) is 15.2. The van der Waals surface area contributed by atoms with Crippen molar-refractivity contribution in [3.05, 3.63) is 24.3 Å². The Morgan fingerprint density at radius 1 is 1.00 bits per heavy atom. The maximum absolute atomic E-state index is 12.4. The average Bonchev–Trinajstić information content (AvgIpc) is 2.94. The number of hydrogen-bond acceptors (Lipinski definition) is 5. The van der Waals surface area contributed by atoms with Crippen molar-refractivity contribution >= 4 is 11.8 Å². The van der Waals surface area contributed by atoms with Crippen molar-refractivity contribution in [1.29, 1.82) is 0 Å². The Morgan fingerprint density at radius 2 is 1.62 bits per heavy atom. The average molecular weight is 358 g/mol. The number of aromatic nitrogens is 2. The van der Waals surface area contributed by atoms with Crippen LogP contribution in [0.3, 0.4) is 0 Å². The Balaban J connectivity index is 1.27. The molecule has 0 radical (unpaired) electrons. The zero-order valence-electron chi connectivity index (χ0n) is 15.2. The lowest BCUT2D eigenvalue weighted by molar-refractivity contribution is -0.138. The largest absolute Gasteiger partial charge is 0.375 e. The van der Waals surface area contributed by atoms with Crippen molar-refractivity contribution in [1.82, 2.24) is 19.8 Å². The Labute approximate surface area is 153 Å². The Morgan fingerprint density at radius 3 is 2.19 bits per heavy atom. The van der Waals surface area contributed by atoms with Crippen molar-refractivity contribution < 1.29 is 14.3 Å². The molecule has 0 aliphatic carbocycles. The lowest BCUT2D eigenvalue weighted by Crippen LogP contribution is -2.49. The van der Waals surface area contributed by atoms with E-state index in [4.69, 9.17) is 4.74 Å². The van der Waals surface area contributed by atoms with E-state index < -0.39 is 0 Å². The first kappa shape index (κ1) is 17.4. The zero-order chi connectivity index (χ0) is 18.1. The Bertz CT molecular complexity index is 646. The standard InChI is InChI=1S/C19H26N4O3/c1-13(24)23-14-3-4-15(23)12-17(11-14)26-16-5-9-22(10-6-16)19(25)18-20-7-2-8-21-18/h2,7-8,14-17H,3-6,9-12H2,1H3/t14-,15+,17?. The summed E-state index contributed by atoms with van der Waals surface area (Å²) in [5.74, 6) is 0.364. The van der Waals surface area contributed by atoms with Crippen molar-refractivity contribution in [3.8, 4) is 0 Å². The fourth-order valence-electron chi connectivity index (χ4n) is 4.77. The van der Waals surface area contributed by atoms with E-state index >= 15 is 0 Å². The predicted octanol–water partition coefficient (Wildman–Crippen LogP) is 1.64. The molecule has 7 nitrogen and oxygen atoms in total. The maximum Gasteiger partial charge on any atom is 0.291 e. The molecule has 2 amide bonds. The third-order valence-corrected chi connectivity index (χ3v) is 5.92. The van der Waals surface area contributed by atoms with Gasteiger partial charge in [-0.05, 0) is 44.6 Å². The highest BCUT2D eigenvalue weighted by Crippen LogP contribution is 2.37. The summed E-state index contributed by atoms with van der Waals surface area (Å²) in [5.41, 5.74) is 0. The minimum atomic E-state index is -0.100. The van der Waals surface area contributed by atoms with Crippen LogP contribution in [0, 0.1) is 0 Å². The topological polar surface area (TPSA) is 75.6 Å². The van der Waals surface area contributed by atoms with Gasteiger partial charge in [0.15, 0.2) is 0 Å². The van der Waals surface area contributed by atoms with Gasteiger partial charge in [0.1, 0.15) is 0 Å². The fourth-order valence-corrected chi connectivity index (χ4v) is 4.77. The molecule has 4 heterocycles. The van der Waals surface area contributed by atoms with Gasteiger partial charge in [-0.15, -0.1) is 0 Å². The van der Waals surface area contributed by atoms with Crippen molar-refractivity contribution in [3.63, 3.8) is 0 Å². The molecule has 7 heteroatoms. The number of fused-ring (bicyclic) bond motifs is 2. The van der Waals surface area contributed by atoms with Crippen LogP contribution in [0.15, 0.2) is 18.5 Å². The lowest BCUT2D eigenvalue weighted by Gasteiger charge is -2.40. The van der Waals surface area contributed by atoms with Crippen LogP contribution in [-0.4, -0.2) is 69.0 Å². The van der Waals surface area contributed by atoms with Crippen LogP contribution in [0.5, 0.6) is 0 Å². The molecule has 3 aliphatic rings. The molecule has 3 saturated heterocycles. The second kappa shape index (κ2) is 7.31. The molecule has 2 bridgehead atoms. The van der Waals surface area contributed by atoms with Crippen LogP contribution in [0.25, 0.3) is 0 Å². The minimum Gasteiger partial charge on any atom is -0.375 e. The summed E-state index contributed by atoms with van der Waals surface area (Å²) in [7, 11) is 0. The highest BCUT2D eigenvalue weighted by molar-refractivity contribution is 5.90. The highest BCUT2D eigenvalue weighted by atomic mass is 16.5. The summed E-state index contributed by atoms with van der Waals surface area (Å²) < 4.78 is 6.37. The molecule has 0 saturated carbocycles. The van der Waals surface area contributed by atoms with Gasteiger partial charge >= 0.3 is 0 Å². The number of nitrogens with zero attached hydrogens (tertiary/aromatic N) is 4. The van der Waals surface area contributed by atoms with Gasteiger partial charge in [-0.2, -0.15) is 0 Å². The number of piperidine rings is 2. The molecule has 0 N–H and O–H groups in total. The molecule has 0 spiro atoms. The summed E-state index contributed by atoms with van der Waals surface area (Å²) >= 11 is 0. The van der Waals surface area contributed by atoms with E-state index in [9.17, 15) is 9.59 Å². The monoisotopic (exact) mass is 358 g/mol. The molecular formula is C19H26N4O3. The van der Waals surface area contributed by atoms with Gasteiger partial charge in [0.2, 0.25) is 11.7 Å². The molecule has 3 atom stereocenters. The fraction of sp³-hybridized carbons (Fsp3) is 0.684. The number of likely N-dealkylation sites (tertiary alicyclic amines) is 1. The number of carbonyl (C=O) groups is 2. The van der Waals surface area contributed by atoms with Gasteiger partial charge in [0.25, 0.3) is 5.91 Å². The first-order valence-electron chi connectivity index (χ1n) is 9.62. The molecule has 1 aromatic heterocycles. The van der Waals surface area contributed by atoms with Crippen LogP contribution in [-0.2, 0) is 9.53 Å². The normalized spacial score (nSPS) is 29.0. The number of hydrogen-bond donors (Lipinski definition) is 0. The van der Waals surface area contributed by atoms with Gasteiger partial charge < -0.3 is 14.5 Å². The smallest absolute Gasteiger partial charge is 0.291 e. The molecular weight excluding hydrogens is 332 g/mol. The third-order valence-electron chi connectivity index (χ3n) is 5.92. The number of ether oxygens (including phenoxy) is 1. The van der Waals surface area contributed by atoms with Crippen molar-refractivity contribution in [2.24, 2.45) is 0 Å². The van der Waals surface area contributed by atoms with E-state index in [1.54, 1.807) is 25.4 Å². The van der Waals surface area contributed by atoms with Crippen molar-refractivity contribution in [2.45, 2.75) is 69.7 Å². The Hall–Kier alpha value is -2.02. The molecule has 1 aromatic rings. The molecule has 4 rings (SSSR count). The van der Waals surface area contributed by atoms with Crippen LogP contribution in [0.1, 0.15) is 56.1 Å². The van der Waals surface area contributed by atoms with E-state index in [1.165, 1.54) is 0 Å². The van der Waals surface area contributed by atoms with Gasteiger partial charge in [-0.3, -0.25) is 9.59 Å². The molecule has 26 heavy (non-hydrogen) atoms. The summed E-state index contributed by atoms with van der Waals surface area (Å²) in [6, 6.07) is 2.42. The summed E-state index contributed by atoms with van der Waals surface area (Å²) in [5, 5.41) is 0. The first-order valence-corrected chi connectivity index (χ1v) is 9.62. The molecule has 3 aliphatic heterocycles. The Kier molecular flexibility index (Phi) is 4.89. The van der Waals surface area contributed by atoms with Gasteiger partial charge in [-0.1, -0.05) is 0 Å². The molecule has 0 aromatic carbocycles. The van der Waals surface area contributed by atoms with Gasteiger partial charge in [0, 0.05) is 44.5 Å². The minimum absolute atomic E-state index is 0.100.